The summed E-state index contributed by atoms with van der Waals surface area (Å²) in [5.41, 5.74) is 3.53. The standard InChI is InChI=1S/C13H23N5O/c1-4-10-16-11(9(2)12(17-10)18-14)15-8-13(19-3)6-5-7-13/h4-8,14H2,1-3H3,(H2,15,16,17,18). The fraction of sp³-hybridized carbons (Fsp3) is 0.692. The van der Waals surface area contributed by atoms with Gasteiger partial charge in [0.1, 0.15) is 17.5 Å². The van der Waals surface area contributed by atoms with Crippen molar-refractivity contribution >= 4 is 11.6 Å². The van der Waals surface area contributed by atoms with Crippen molar-refractivity contribution in [3.05, 3.63) is 11.4 Å². The van der Waals surface area contributed by atoms with E-state index in [0.29, 0.717) is 5.82 Å². The molecule has 2 rings (SSSR count). The lowest BCUT2D eigenvalue weighted by Crippen LogP contribution is -2.45. The van der Waals surface area contributed by atoms with Crippen LogP contribution >= 0.6 is 0 Å². The van der Waals surface area contributed by atoms with E-state index in [4.69, 9.17) is 10.6 Å². The number of nitrogen functional groups attached to an aromatic ring is 1. The number of rotatable bonds is 6. The first-order valence-corrected chi connectivity index (χ1v) is 6.77. The molecule has 0 aliphatic heterocycles. The van der Waals surface area contributed by atoms with Crippen molar-refractivity contribution in [1.29, 1.82) is 0 Å². The highest BCUT2D eigenvalue weighted by Crippen LogP contribution is 2.35. The molecule has 1 heterocycles. The summed E-state index contributed by atoms with van der Waals surface area (Å²) in [7, 11) is 1.78. The Balaban J connectivity index is 2.14. The maximum Gasteiger partial charge on any atom is 0.148 e. The average Bonchev–Trinajstić information content (AvgIpc) is 2.39. The highest BCUT2D eigenvalue weighted by molar-refractivity contribution is 5.56. The number of anilines is 2. The van der Waals surface area contributed by atoms with Gasteiger partial charge in [-0.15, -0.1) is 0 Å². The highest BCUT2D eigenvalue weighted by atomic mass is 16.5. The monoisotopic (exact) mass is 265 g/mol. The minimum atomic E-state index is -0.0277. The van der Waals surface area contributed by atoms with E-state index >= 15 is 0 Å². The van der Waals surface area contributed by atoms with E-state index in [-0.39, 0.29) is 5.60 Å². The number of nitrogens with two attached hydrogens (primary N) is 1. The van der Waals surface area contributed by atoms with Crippen LogP contribution in [0.25, 0.3) is 0 Å². The molecule has 19 heavy (non-hydrogen) atoms. The van der Waals surface area contributed by atoms with Crippen molar-refractivity contribution in [3.8, 4) is 0 Å². The van der Waals surface area contributed by atoms with E-state index in [2.05, 4.69) is 20.7 Å². The van der Waals surface area contributed by atoms with E-state index in [9.17, 15) is 0 Å². The lowest BCUT2D eigenvalue weighted by atomic mass is 9.80. The molecule has 1 aliphatic rings. The van der Waals surface area contributed by atoms with Gasteiger partial charge >= 0.3 is 0 Å². The molecule has 6 nitrogen and oxygen atoms in total. The molecule has 0 unspecified atom stereocenters. The van der Waals surface area contributed by atoms with Crippen LogP contribution in [0, 0.1) is 6.92 Å². The maximum atomic E-state index is 5.60. The molecule has 4 N–H and O–H groups in total. The van der Waals surface area contributed by atoms with Crippen LogP contribution in [0.15, 0.2) is 0 Å². The van der Waals surface area contributed by atoms with Crippen molar-refractivity contribution in [2.75, 3.05) is 24.4 Å². The number of hydrogen-bond donors (Lipinski definition) is 3. The number of aryl methyl sites for hydroxylation is 1. The molecule has 0 amide bonds. The first kappa shape index (κ1) is 14.0. The SMILES string of the molecule is CCc1nc(NN)c(C)c(NCC2(OC)CCC2)n1. The second-order valence-corrected chi connectivity index (χ2v) is 5.05. The number of nitrogens with zero attached hydrogens (tertiary/aromatic N) is 2. The summed E-state index contributed by atoms with van der Waals surface area (Å²) in [6.45, 7) is 4.75. The first-order chi connectivity index (χ1) is 9.14. The molecule has 0 atom stereocenters. The van der Waals surface area contributed by atoms with Crippen LogP contribution in [0.4, 0.5) is 11.6 Å². The van der Waals surface area contributed by atoms with Gasteiger partial charge in [0, 0.05) is 25.6 Å². The number of hydrogen-bond acceptors (Lipinski definition) is 6. The highest BCUT2D eigenvalue weighted by Gasteiger charge is 2.36. The molecule has 1 aliphatic carbocycles. The Morgan fingerprint density at radius 3 is 2.47 bits per heavy atom. The van der Waals surface area contributed by atoms with Gasteiger partial charge in [-0.25, -0.2) is 15.8 Å². The zero-order valence-corrected chi connectivity index (χ0v) is 11.9. The third-order valence-corrected chi connectivity index (χ3v) is 3.92. The number of methoxy groups -OCH3 is 1. The van der Waals surface area contributed by atoms with Crippen LogP contribution in [0.5, 0.6) is 0 Å². The summed E-state index contributed by atoms with van der Waals surface area (Å²) in [5, 5.41) is 3.38. The van der Waals surface area contributed by atoms with Crippen molar-refractivity contribution in [3.63, 3.8) is 0 Å². The average molecular weight is 265 g/mol. The predicted octanol–water partition coefficient (Wildman–Crippen LogP) is 1.61. The third-order valence-electron chi connectivity index (χ3n) is 3.92. The van der Waals surface area contributed by atoms with Gasteiger partial charge in [-0.2, -0.15) is 0 Å². The quantitative estimate of drug-likeness (QED) is 0.535. The van der Waals surface area contributed by atoms with Crippen molar-refractivity contribution < 1.29 is 4.74 Å². The van der Waals surface area contributed by atoms with Crippen LogP contribution in [0.2, 0.25) is 0 Å². The summed E-state index contributed by atoms with van der Waals surface area (Å²) in [6, 6.07) is 0. The Morgan fingerprint density at radius 1 is 1.32 bits per heavy atom. The summed E-state index contributed by atoms with van der Waals surface area (Å²) in [4.78, 5) is 8.87. The molecule has 0 bridgehead atoms. The topological polar surface area (TPSA) is 85.1 Å². The molecule has 0 radical (unpaired) electrons. The van der Waals surface area contributed by atoms with Gasteiger partial charge in [0.2, 0.25) is 0 Å². The van der Waals surface area contributed by atoms with Crippen LogP contribution < -0.4 is 16.6 Å². The second kappa shape index (κ2) is 5.71. The molecule has 106 valence electrons. The molecule has 1 fully saturated rings. The Morgan fingerprint density at radius 2 is 2.00 bits per heavy atom. The molecule has 1 saturated carbocycles. The van der Waals surface area contributed by atoms with Gasteiger partial charge in [-0.1, -0.05) is 6.92 Å². The normalized spacial score (nSPS) is 16.8. The Labute approximate surface area is 114 Å². The lowest BCUT2D eigenvalue weighted by molar-refractivity contribution is -0.0601. The maximum absolute atomic E-state index is 5.60. The zero-order valence-electron chi connectivity index (χ0n) is 11.9. The van der Waals surface area contributed by atoms with Gasteiger partial charge in [0.25, 0.3) is 0 Å². The summed E-state index contributed by atoms with van der Waals surface area (Å²) < 4.78 is 5.60. The fourth-order valence-corrected chi connectivity index (χ4v) is 2.30. The van der Waals surface area contributed by atoms with Gasteiger partial charge < -0.3 is 15.5 Å². The number of nitrogens with one attached hydrogen (secondary N) is 2. The second-order valence-electron chi connectivity index (χ2n) is 5.05. The Bertz CT molecular complexity index is 439. The molecule has 1 aromatic rings. The van der Waals surface area contributed by atoms with Crippen molar-refractivity contribution in [1.82, 2.24) is 9.97 Å². The van der Waals surface area contributed by atoms with E-state index in [1.165, 1.54) is 6.42 Å². The number of aromatic nitrogens is 2. The van der Waals surface area contributed by atoms with Crippen molar-refractivity contribution in [2.45, 2.75) is 45.1 Å². The first-order valence-electron chi connectivity index (χ1n) is 6.77. The molecule has 0 aromatic carbocycles. The van der Waals surface area contributed by atoms with Gasteiger partial charge in [-0.05, 0) is 26.2 Å². The third kappa shape index (κ3) is 2.79. The molecular weight excluding hydrogens is 242 g/mol. The summed E-state index contributed by atoms with van der Waals surface area (Å²) in [5.74, 6) is 7.79. The van der Waals surface area contributed by atoms with Crippen LogP contribution in [-0.4, -0.2) is 29.2 Å². The Kier molecular flexibility index (Phi) is 4.21. The summed E-state index contributed by atoms with van der Waals surface area (Å²) in [6.07, 6.45) is 4.21. The van der Waals surface area contributed by atoms with Gasteiger partial charge in [-0.3, -0.25) is 0 Å². The molecule has 0 spiro atoms. The zero-order chi connectivity index (χ0) is 13.9. The predicted molar refractivity (Wildman–Crippen MR) is 76.0 cm³/mol. The lowest BCUT2D eigenvalue weighted by Gasteiger charge is -2.40. The Hall–Kier alpha value is -1.40. The molecule has 1 aromatic heterocycles. The number of ether oxygens (including phenoxy) is 1. The largest absolute Gasteiger partial charge is 0.376 e. The minimum absolute atomic E-state index is 0.0277. The molecule has 0 saturated heterocycles. The summed E-state index contributed by atoms with van der Waals surface area (Å²) >= 11 is 0. The molecule has 6 heteroatoms. The van der Waals surface area contributed by atoms with Crippen LogP contribution in [-0.2, 0) is 11.2 Å². The van der Waals surface area contributed by atoms with E-state index in [0.717, 1.165) is 43.0 Å². The van der Waals surface area contributed by atoms with Crippen LogP contribution in [0.1, 0.15) is 37.6 Å². The van der Waals surface area contributed by atoms with E-state index in [1.807, 2.05) is 13.8 Å². The van der Waals surface area contributed by atoms with E-state index < -0.39 is 0 Å². The van der Waals surface area contributed by atoms with Gasteiger partial charge in [0.05, 0.1) is 5.60 Å². The molecular formula is C13H23N5O. The number of hydrazine groups is 1. The minimum Gasteiger partial charge on any atom is -0.376 e. The smallest absolute Gasteiger partial charge is 0.148 e. The van der Waals surface area contributed by atoms with Gasteiger partial charge in [0.15, 0.2) is 0 Å². The van der Waals surface area contributed by atoms with E-state index in [1.54, 1.807) is 7.11 Å². The van der Waals surface area contributed by atoms with Crippen LogP contribution in [0.3, 0.4) is 0 Å². The fourth-order valence-electron chi connectivity index (χ4n) is 2.30. The van der Waals surface area contributed by atoms with Crippen molar-refractivity contribution in [2.24, 2.45) is 5.84 Å².